The lowest BCUT2D eigenvalue weighted by Crippen LogP contribution is -2.03. The highest BCUT2D eigenvalue weighted by Gasteiger charge is 2.14. The molecule has 21 heavy (non-hydrogen) atoms. The highest BCUT2D eigenvalue weighted by atomic mass is 32.2. The van der Waals surface area contributed by atoms with E-state index >= 15 is 0 Å². The van der Waals surface area contributed by atoms with Gasteiger partial charge in [0.05, 0.1) is 0 Å². The molecule has 0 spiro atoms. The minimum atomic E-state index is -2.13. The number of benzene rings is 2. The first-order valence-corrected chi connectivity index (χ1v) is 7.68. The maximum atomic E-state index is 13.3. The molecule has 0 bridgehead atoms. The fourth-order valence-corrected chi connectivity index (χ4v) is 2.73. The molecule has 2 aromatic carbocycles. The summed E-state index contributed by atoms with van der Waals surface area (Å²) in [7, 11) is 0. The van der Waals surface area contributed by atoms with Crippen LogP contribution in [0, 0.1) is 5.82 Å². The largest absolute Gasteiger partial charge is 0.772 e. The number of hydrogen-bond acceptors (Lipinski definition) is 3. The van der Waals surface area contributed by atoms with Gasteiger partial charge in [-0.15, -0.1) is 0 Å². The minimum Gasteiger partial charge on any atom is -0.772 e. The Bertz CT molecular complexity index is 640. The zero-order chi connectivity index (χ0) is 15.2. The van der Waals surface area contributed by atoms with Crippen molar-refractivity contribution >= 4 is 17.4 Å². The van der Waals surface area contributed by atoms with Crippen molar-refractivity contribution in [2.45, 2.75) is 18.1 Å². The third-order valence-corrected chi connectivity index (χ3v) is 3.82. The maximum absolute atomic E-state index is 13.3. The van der Waals surface area contributed by atoms with Crippen molar-refractivity contribution in [3.8, 4) is 0 Å². The van der Waals surface area contributed by atoms with Crippen LogP contribution in [-0.4, -0.2) is 15.0 Å². The molecule has 0 N–H and O–H groups in total. The van der Waals surface area contributed by atoms with Crippen LogP contribution in [0.25, 0.3) is 0 Å². The van der Waals surface area contributed by atoms with Crippen LogP contribution >= 0.6 is 0 Å². The Balaban J connectivity index is 2.30. The topological polar surface area (TPSA) is 57.2 Å². The molecule has 0 saturated carbocycles. The van der Waals surface area contributed by atoms with Crippen LogP contribution in [0.2, 0.25) is 0 Å². The molecule has 0 radical (unpaired) electrons. The van der Waals surface area contributed by atoms with Crippen molar-refractivity contribution in [2.24, 2.45) is 0 Å². The first kappa shape index (κ1) is 15.5. The molecule has 0 aliphatic heterocycles. The summed E-state index contributed by atoms with van der Waals surface area (Å²) in [5.74, 6) is -0.620. The predicted molar refractivity (Wildman–Crippen MR) is 78.0 cm³/mol. The summed E-state index contributed by atoms with van der Waals surface area (Å²) in [5.41, 5.74) is 2.26. The summed E-state index contributed by atoms with van der Waals surface area (Å²) in [6, 6.07) is 13.1. The zero-order valence-electron chi connectivity index (χ0n) is 11.2. The summed E-state index contributed by atoms with van der Waals surface area (Å²) in [6.07, 6.45) is 1.05. The lowest BCUT2D eigenvalue weighted by Gasteiger charge is -2.16. The van der Waals surface area contributed by atoms with Crippen molar-refractivity contribution in [3.05, 3.63) is 71.0 Å². The summed E-state index contributed by atoms with van der Waals surface area (Å²) < 4.78 is 34.7. The average Bonchev–Trinajstić information content (AvgIpc) is 2.45. The Labute approximate surface area is 125 Å². The third-order valence-electron chi connectivity index (χ3n) is 3.25. The first-order chi connectivity index (χ1) is 10.1. The van der Waals surface area contributed by atoms with Gasteiger partial charge in [0.2, 0.25) is 0 Å². The fraction of sp³-hybridized carbons (Fsp3) is 0.188. The summed E-state index contributed by atoms with van der Waals surface area (Å²) in [4.78, 5) is 10.9. The number of hydrogen-bond donors (Lipinski definition) is 0. The Morgan fingerprint density at radius 2 is 1.86 bits per heavy atom. The van der Waals surface area contributed by atoms with E-state index in [2.05, 4.69) is 0 Å². The van der Waals surface area contributed by atoms with Gasteiger partial charge in [0.25, 0.3) is 0 Å². The van der Waals surface area contributed by atoms with E-state index < -0.39 is 11.1 Å². The average molecular weight is 305 g/mol. The van der Waals surface area contributed by atoms with E-state index in [1.54, 1.807) is 36.4 Å². The van der Waals surface area contributed by atoms with Crippen molar-refractivity contribution in [1.29, 1.82) is 0 Å². The van der Waals surface area contributed by atoms with E-state index in [0.29, 0.717) is 5.56 Å². The lowest BCUT2D eigenvalue weighted by atomic mass is 9.88. The third kappa shape index (κ3) is 4.31. The molecule has 2 aromatic rings. The van der Waals surface area contributed by atoms with Crippen LogP contribution in [0.3, 0.4) is 0 Å². The molecule has 2 atom stereocenters. The quantitative estimate of drug-likeness (QED) is 0.609. The predicted octanol–water partition coefficient (Wildman–Crippen LogP) is 2.93. The Morgan fingerprint density at radius 1 is 1.14 bits per heavy atom. The van der Waals surface area contributed by atoms with E-state index in [1.807, 2.05) is 0 Å². The lowest BCUT2D eigenvalue weighted by molar-refractivity contribution is -0.108. The van der Waals surface area contributed by atoms with Crippen LogP contribution in [0.15, 0.2) is 48.5 Å². The molecule has 0 aliphatic rings. The van der Waals surface area contributed by atoms with Crippen LogP contribution in [-0.2, 0) is 21.6 Å². The van der Waals surface area contributed by atoms with Gasteiger partial charge in [-0.2, -0.15) is 0 Å². The van der Waals surface area contributed by atoms with Gasteiger partial charge in [0.15, 0.2) is 0 Å². The highest BCUT2D eigenvalue weighted by Crippen LogP contribution is 2.28. The van der Waals surface area contributed by atoms with E-state index in [9.17, 15) is 17.9 Å². The van der Waals surface area contributed by atoms with Crippen molar-refractivity contribution in [1.82, 2.24) is 0 Å². The molecule has 3 nitrogen and oxygen atoms in total. The maximum Gasteiger partial charge on any atom is 0.123 e. The number of carbonyl (C=O) groups is 1. The smallest absolute Gasteiger partial charge is 0.123 e. The summed E-state index contributed by atoms with van der Waals surface area (Å²) in [6.45, 7) is 0. The molecule has 0 aliphatic carbocycles. The Hall–Kier alpha value is -1.85. The van der Waals surface area contributed by atoms with Gasteiger partial charge >= 0.3 is 0 Å². The van der Waals surface area contributed by atoms with Crippen LogP contribution in [0.5, 0.6) is 0 Å². The molecule has 0 heterocycles. The van der Waals surface area contributed by atoms with Gasteiger partial charge in [-0.05, 0) is 28.8 Å². The van der Waals surface area contributed by atoms with Gasteiger partial charge in [0, 0.05) is 18.1 Å². The molecule has 0 fully saturated rings. The van der Waals surface area contributed by atoms with Crippen molar-refractivity contribution in [3.63, 3.8) is 0 Å². The van der Waals surface area contributed by atoms with E-state index in [0.717, 1.165) is 17.4 Å². The molecule has 0 saturated heterocycles. The van der Waals surface area contributed by atoms with Crippen molar-refractivity contribution < 1.29 is 17.9 Å². The molecular formula is C16H14FO3S-. The summed E-state index contributed by atoms with van der Waals surface area (Å²) in [5, 5.41) is 0. The minimum absolute atomic E-state index is 0.0431. The normalized spacial score (nSPS) is 13.6. The molecule has 0 amide bonds. The highest BCUT2D eigenvalue weighted by molar-refractivity contribution is 7.78. The zero-order valence-corrected chi connectivity index (χ0v) is 12.0. The number of aldehydes is 1. The van der Waals surface area contributed by atoms with Gasteiger partial charge in [0.1, 0.15) is 12.1 Å². The van der Waals surface area contributed by atoms with Crippen LogP contribution in [0.4, 0.5) is 4.39 Å². The summed E-state index contributed by atoms with van der Waals surface area (Å²) >= 11 is -2.13. The molecule has 1 unspecified atom stereocenters. The second-order valence-electron chi connectivity index (χ2n) is 4.70. The van der Waals surface area contributed by atoms with Gasteiger partial charge in [-0.3, -0.25) is 4.21 Å². The molecule has 2 rings (SSSR count). The fourth-order valence-electron chi connectivity index (χ4n) is 2.27. The molecular weight excluding hydrogens is 291 g/mol. The number of rotatable bonds is 6. The van der Waals surface area contributed by atoms with Crippen LogP contribution < -0.4 is 0 Å². The molecule has 5 heteroatoms. The molecule has 110 valence electrons. The number of halogens is 1. The first-order valence-electron chi connectivity index (χ1n) is 6.44. The standard InChI is InChI=1S/C16H15FO3S/c17-15-3-1-2-14(10-15)16(8-9-18)13-6-4-12(5-7-13)11-21(19)20/h1-7,9-10,16H,8,11H2,(H,19,20)/p-1/t16-/m1/s1. The van der Waals surface area contributed by atoms with Gasteiger partial charge in [-0.25, -0.2) is 4.39 Å². The monoisotopic (exact) mass is 305 g/mol. The molecule has 0 aromatic heterocycles. The van der Waals surface area contributed by atoms with Gasteiger partial charge < -0.3 is 9.35 Å². The van der Waals surface area contributed by atoms with Crippen molar-refractivity contribution in [2.75, 3.05) is 0 Å². The second kappa shape index (κ2) is 7.24. The van der Waals surface area contributed by atoms with Crippen LogP contribution in [0.1, 0.15) is 29.0 Å². The SMILES string of the molecule is O=CC[C@H](c1ccc(CS(=O)[O-])cc1)c1cccc(F)c1. The Kier molecular flexibility index (Phi) is 5.36. The number of carbonyl (C=O) groups excluding carboxylic acids is 1. The van der Waals surface area contributed by atoms with Gasteiger partial charge in [-0.1, -0.05) is 47.5 Å². The van der Waals surface area contributed by atoms with E-state index in [4.69, 9.17) is 0 Å². The van der Waals surface area contributed by atoms with E-state index in [-0.39, 0.29) is 23.9 Å². The van der Waals surface area contributed by atoms with E-state index in [1.165, 1.54) is 12.1 Å². The Morgan fingerprint density at radius 3 is 2.43 bits per heavy atom. The second-order valence-corrected chi connectivity index (χ2v) is 5.60.